The maximum atomic E-state index is 11.5. The van der Waals surface area contributed by atoms with Crippen molar-refractivity contribution in [3.8, 4) is 0 Å². The highest BCUT2D eigenvalue weighted by Crippen LogP contribution is 2.16. The average molecular weight is 386 g/mol. The SMILES string of the molecule is CCOC(=O)CCc1cc(CCNCCCNc2cccnc2NC)ccn1. The highest BCUT2D eigenvalue weighted by Gasteiger charge is 2.04. The lowest BCUT2D eigenvalue weighted by Crippen LogP contribution is -2.21. The summed E-state index contributed by atoms with van der Waals surface area (Å²) in [5, 5.41) is 9.95. The van der Waals surface area contributed by atoms with Crippen LogP contribution in [0.25, 0.3) is 0 Å². The van der Waals surface area contributed by atoms with Crippen LogP contribution in [0.1, 0.15) is 31.0 Å². The van der Waals surface area contributed by atoms with Crippen molar-refractivity contribution in [3.05, 3.63) is 47.9 Å². The first-order valence-corrected chi connectivity index (χ1v) is 9.89. The summed E-state index contributed by atoms with van der Waals surface area (Å²) >= 11 is 0. The minimum absolute atomic E-state index is 0.168. The van der Waals surface area contributed by atoms with E-state index in [0.717, 1.165) is 49.7 Å². The number of anilines is 2. The fourth-order valence-electron chi connectivity index (χ4n) is 2.82. The Morgan fingerprint density at radius 3 is 2.82 bits per heavy atom. The molecule has 0 aliphatic rings. The molecular formula is C21H31N5O2. The van der Waals surface area contributed by atoms with Crippen LogP contribution in [0.2, 0.25) is 0 Å². The Morgan fingerprint density at radius 2 is 2.00 bits per heavy atom. The highest BCUT2D eigenvalue weighted by molar-refractivity contribution is 5.69. The zero-order valence-corrected chi connectivity index (χ0v) is 16.8. The Kier molecular flexibility index (Phi) is 9.79. The molecule has 2 rings (SSSR count). The maximum absolute atomic E-state index is 11.5. The van der Waals surface area contributed by atoms with Gasteiger partial charge in [0.15, 0.2) is 0 Å². The van der Waals surface area contributed by atoms with E-state index in [-0.39, 0.29) is 5.97 Å². The highest BCUT2D eigenvalue weighted by atomic mass is 16.5. The van der Waals surface area contributed by atoms with Gasteiger partial charge in [0.25, 0.3) is 0 Å². The second-order valence-corrected chi connectivity index (χ2v) is 6.39. The van der Waals surface area contributed by atoms with E-state index in [1.54, 1.807) is 6.20 Å². The number of carbonyl (C=O) groups excluding carboxylic acids is 1. The summed E-state index contributed by atoms with van der Waals surface area (Å²) in [6, 6.07) is 8.05. The molecule has 2 heterocycles. The van der Waals surface area contributed by atoms with Crippen LogP contribution in [-0.2, 0) is 22.4 Å². The maximum Gasteiger partial charge on any atom is 0.306 e. The number of nitrogens with one attached hydrogen (secondary N) is 3. The fourth-order valence-corrected chi connectivity index (χ4v) is 2.82. The Bertz CT molecular complexity index is 723. The Labute approximate surface area is 167 Å². The summed E-state index contributed by atoms with van der Waals surface area (Å²) in [6.07, 6.45) is 6.55. The first kappa shape index (κ1) is 21.6. The third-order valence-electron chi connectivity index (χ3n) is 4.25. The van der Waals surface area contributed by atoms with Gasteiger partial charge in [0.1, 0.15) is 5.82 Å². The van der Waals surface area contributed by atoms with Crippen LogP contribution in [0.15, 0.2) is 36.7 Å². The molecule has 7 heteroatoms. The molecule has 0 amide bonds. The summed E-state index contributed by atoms with van der Waals surface area (Å²) < 4.78 is 4.96. The Hall–Kier alpha value is -2.67. The number of aromatic nitrogens is 2. The van der Waals surface area contributed by atoms with Gasteiger partial charge >= 0.3 is 5.97 Å². The van der Waals surface area contributed by atoms with Crippen LogP contribution in [0, 0.1) is 0 Å². The van der Waals surface area contributed by atoms with E-state index in [4.69, 9.17) is 4.74 Å². The van der Waals surface area contributed by atoms with Crippen molar-refractivity contribution in [1.29, 1.82) is 0 Å². The van der Waals surface area contributed by atoms with Gasteiger partial charge in [-0.1, -0.05) is 0 Å². The first-order valence-electron chi connectivity index (χ1n) is 9.89. The molecule has 0 atom stereocenters. The summed E-state index contributed by atoms with van der Waals surface area (Å²) in [5.41, 5.74) is 3.19. The van der Waals surface area contributed by atoms with Gasteiger partial charge in [0, 0.05) is 38.1 Å². The molecular weight excluding hydrogens is 354 g/mol. The van der Waals surface area contributed by atoms with E-state index in [2.05, 4.69) is 32.0 Å². The predicted molar refractivity (Wildman–Crippen MR) is 113 cm³/mol. The lowest BCUT2D eigenvalue weighted by Gasteiger charge is -2.11. The smallest absolute Gasteiger partial charge is 0.306 e. The summed E-state index contributed by atoms with van der Waals surface area (Å²) in [6.45, 7) is 4.99. The van der Waals surface area contributed by atoms with E-state index < -0.39 is 0 Å². The van der Waals surface area contributed by atoms with Gasteiger partial charge in [-0.3, -0.25) is 9.78 Å². The molecule has 0 aliphatic heterocycles. The van der Waals surface area contributed by atoms with E-state index in [9.17, 15) is 4.79 Å². The molecule has 0 saturated carbocycles. The second kappa shape index (κ2) is 12.7. The molecule has 0 saturated heterocycles. The lowest BCUT2D eigenvalue weighted by molar-refractivity contribution is -0.143. The molecule has 0 spiro atoms. The van der Waals surface area contributed by atoms with Gasteiger partial charge in [-0.2, -0.15) is 0 Å². The second-order valence-electron chi connectivity index (χ2n) is 6.39. The van der Waals surface area contributed by atoms with Crippen molar-refractivity contribution in [2.75, 3.05) is 43.9 Å². The third kappa shape index (κ3) is 7.92. The van der Waals surface area contributed by atoms with Crippen molar-refractivity contribution in [2.24, 2.45) is 0 Å². The minimum Gasteiger partial charge on any atom is -0.466 e. The molecule has 0 bridgehead atoms. The fraction of sp³-hybridized carbons (Fsp3) is 0.476. The van der Waals surface area contributed by atoms with Crippen molar-refractivity contribution >= 4 is 17.5 Å². The molecule has 0 aliphatic carbocycles. The van der Waals surface area contributed by atoms with Crippen molar-refractivity contribution < 1.29 is 9.53 Å². The van der Waals surface area contributed by atoms with Crippen molar-refractivity contribution in [1.82, 2.24) is 15.3 Å². The summed E-state index contributed by atoms with van der Waals surface area (Å²) in [7, 11) is 1.87. The van der Waals surface area contributed by atoms with Gasteiger partial charge in [-0.15, -0.1) is 0 Å². The monoisotopic (exact) mass is 385 g/mol. The predicted octanol–water partition coefficient (Wildman–Crippen LogP) is 2.65. The molecule has 0 unspecified atom stereocenters. The molecule has 152 valence electrons. The lowest BCUT2D eigenvalue weighted by atomic mass is 10.1. The van der Waals surface area contributed by atoms with Gasteiger partial charge in [0.05, 0.1) is 18.7 Å². The zero-order chi connectivity index (χ0) is 20.0. The Morgan fingerprint density at radius 1 is 1.11 bits per heavy atom. The standard InChI is InChI=1S/C21H31N5O2/c1-3-28-20(27)8-7-18-16-17(10-15-24-18)9-14-23-11-5-13-25-19-6-4-12-26-21(19)22-2/h4,6,10,12,15-16,23,25H,3,5,7-9,11,13-14H2,1-2H3,(H,22,26). The van der Waals surface area contributed by atoms with Crippen LogP contribution in [0.5, 0.6) is 0 Å². The van der Waals surface area contributed by atoms with Gasteiger partial charge in [-0.25, -0.2) is 4.98 Å². The molecule has 0 fully saturated rings. The van der Waals surface area contributed by atoms with Gasteiger partial charge < -0.3 is 20.7 Å². The summed E-state index contributed by atoms with van der Waals surface area (Å²) in [5.74, 6) is 0.699. The number of aryl methyl sites for hydroxylation is 1. The number of rotatable bonds is 13. The van der Waals surface area contributed by atoms with E-state index in [1.807, 2.05) is 38.4 Å². The van der Waals surface area contributed by atoms with Crippen LogP contribution < -0.4 is 16.0 Å². The van der Waals surface area contributed by atoms with Crippen molar-refractivity contribution in [3.63, 3.8) is 0 Å². The van der Waals surface area contributed by atoms with Crippen LogP contribution in [-0.4, -0.2) is 49.2 Å². The number of nitrogens with zero attached hydrogens (tertiary/aromatic N) is 2. The number of hydrogen-bond donors (Lipinski definition) is 3. The molecule has 2 aromatic heterocycles. The zero-order valence-electron chi connectivity index (χ0n) is 16.8. The van der Waals surface area contributed by atoms with Crippen molar-refractivity contribution in [2.45, 2.75) is 32.6 Å². The first-order chi connectivity index (χ1) is 13.7. The normalized spacial score (nSPS) is 10.5. The number of ether oxygens (including phenoxy) is 1. The van der Waals surface area contributed by atoms with E-state index in [0.29, 0.717) is 19.4 Å². The van der Waals surface area contributed by atoms with Gasteiger partial charge in [-0.05, 0) is 62.7 Å². The van der Waals surface area contributed by atoms with E-state index in [1.165, 1.54) is 5.56 Å². The Balaban J connectivity index is 1.60. The number of esters is 1. The number of carbonyl (C=O) groups is 1. The average Bonchev–Trinajstić information content (AvgIpc) is 2.72. The largest absolute Gasteiger partial charge is 0.466 e. The summed E-state index contributed by atoms with van der Waals surface area (Å²) in [4.78, 5) is 20.1. The molecule has 0 radical (unpaired) electrons. The quantitative estimate of drug-likeness (QED) is 0.361. The third-order valence-corrected chi connectivity index (χ3v) is 4.25. The van der Waals surface area contributed by atoms with Crippen LogP contribution >= 0.6 is 0 Å². The molecule has 3 N–H and O–H groups in total. The van der Waals surface area contributed by atoms with Crippen LogP contribution in [0.4, 0.5) is 11.5 Å². The molecule has 0 aromatic carbocycles. The molecule has 28 heavy (non-hydrogen) atoms. The van der Waals surface area contributed by atoms with Gasteiger partial charge in [0.2, 0.25) is 0 Å². The topological polar surface area (TPSA) is 88.2 Å². The van der Waals surface area contributed by atoms with E-state index >= 15 is 0 Å². The number of hydrogen-bond acceptors (Lipinski definition) is 7. The molecule has 7 nitrogen and oxygen atoms in total. The molecule has 2 aromatic rings. The minimum atomic E-state index is -0.168. The number of pyridine rings is 2. The van der Waals surface area contributed by atoms with Crippen LogP contribution in [0.3, 0.4) is 0 Å².